The zero-order chi connectivity index (χ0) is 18.8. The molecule has 0 aliphatic carbocycles. The number of amides is 1. The van der Waals surface area contributed by atoms with Gasteiger partial charge in [0.1, 0.15) is 5.75 Å². The molecule has 1 aliphatic rings. The van der Waals surface area contributed by atoms with Gasteiger partial charge in [0.15, 0.2) is 5.11 Å². The molecule has 0 fully saturated rings. The van der Waals surface area contributed by atoms with Crippen LogP contribution >= 0.6 is 44.1 Å². The number of allylic oxidation sites excluding steroid dienone is 1. The van der Waals surface area contributed by atoms with Crippen LogP contribution < -0.4 is 16.0 Å². The first-order valence-electron chi connectivity index (χ1n) is 7.69. The van der Waals surface area contributed by atoms with Gasteiger partial charge >= 0.3 is 0 Å². The Morgan fingerprint density at radius 2 is 1.92 bits per heavy atom. The Kier molecular flexibility index (Phi) is 5.64. The topological polar surface area (TPSA) is 73.4 Å². The van der Waals surface area contributed by atoms with Gasteiger partial charge in [-0.15, -0.1) is 0 Å². The second-order valence-electron chi connectivity index (χ2n) is 5.72. The maximum atomic E-state index is 13.0. The highest BCUT2D eigenvalue weighted by Gasteiger charge is 2.32. The van der Waals surface area contributed by atoms with Gasteiger partial charge in [-0.25, -0.2) is 0 Å². The number of hydrogen-bond donors (Lipinski definition) is 4. The number of para-hydroxylation sites is 1. The Morgan fingerprint density at radius 3 is 2.62 bits per heavy atom. The molecule has 0 saturated heterocycles. The fourth-order valence-corrected chi connectivity index (χ4v) is 4.28. The molecule has 1 amide bonds. The molecule has 0 saturated carbocycles. The predicted molar refractivity (Wildman–Crippen MR) is 113 cm³/mol. The third-order valence-electron chi connectivity index (χ3n) is 3.91. The van der Waals surface area contributed by atoms with Gasteiger partial charge < -0.3 is 21.1 Å². The quantitative estimate of drug-likeness (QED) is 0.475. The number of rotatable bonds is 3. The standard InChI is InChI=1S/C18H15Br2N3O2S/c1-9-14(17(25)22-11-5-3-2-4-6-11)15(23-18(26)21-9)12-7-10(19)8-13(20)16(12)24/h2-8,15,24H,1H3,(H,22,25)(H2,21,23,26). The van der Waals surface area contributed by atoms with Crippen LogP contribution in [0.5, 0.6) is 5.75 Å². The first kappa shape index (κ1) is 18.9. The third-order valence-corrected chi connectivity index (χ3v) is 5.20. The molecule has 1 atom stereocenters. The van der Waals surface area contributed by atoms with Gasteiger partial charge in [-0.2, -0.15) is 0 Å². The largest absolute Gasteiger partial charge is 0.506 e. The maximum Gasteiger partial charge on any atom is 0.255 e. The van der Waals surface area contributed by atoms with Gasteiger partial charge in [0.05, 0.1) is 16.1 Å². The van der Waals surface area contributed by atoms with Crippen LogP contribution in [-0.2, 0) is 4.79 Å². The summed E-state index contributed by atoms with van der Waals surface area (Å²) >= 11 is 12.0. The molecule has 134 valence electrons. The van der Waals surface area contributed by atoms with Crippen LogP contribution in [0.25, 0.3) is 0 Å². The molecule has 1 heterocycles. The van der Waals surface area contributed by atoms with Crippen molar-refractivity contribution in [2.24, 2.45) is 0 Å². The smallest absolute Gasteiger partial charge is 0.255 e. The minimum Gasteiger partial charge on any atom is -0.506 e. The molecule has 0 spiro atoms. The lowest BCUT2D eigenvalue weighted by Gasteiger charge is -2.31. The molecular weight excluding hydrogens is 482 g/mol. The number of thiocarbonyl (C=S) groups is 1. The van der Waals surface area contributed by atoms with E-state index in [9.17, 15) is 9.90 Å². The number of phenolic OH excluding ortho intramolecular Hbond substituents is 1. The summed E-state index contributed by atoms with van der Waals surface area (Å²) in [5.41, 5.74) is 2.29. The van der Waals surface area contributed by atoms with Crippen molar-refractivity contribution in [3.8, 4) is 5.75 Å². The van der Waals surface area contributed by atoms with Crippen LogP contribution in [0.4, 0.5) is 5.69 Å². The Hall–Kier alpha value is -1.90. The SMILES string of the molecule is CC1=C(C(=O)Nc2ccccc2)C(c2cc(Br)cc(Br)c2O)NC(=S)N1. The normalized spacial score (nSPS) is 16.7. The monoisotopic (exact) mass is 495 g/mol. The molecule has 3 rings (SSSR count). The molecule has 2 aromatic carbocycles. The Balaban J connectivity index is 2.04. The highest BCUT2D eigenvalue weighted by Crippen LogP contribution is 2.39. The number of carbonyl (C=O) groups is 1. The summed E-state index contributed by atoms with van der Waals surface area (Å²) in [5, 5.41) is 19.8. The summed E-state index contributed by atoms with van der Waals surface area (Å²) in [7, 11) is 0. The van der Waals surface area contributed by atoms with Crippen molar-refractivity contribution in [1.29, 1.82) is 0 Å². The van der Waals surface area contributed by atoms with Gasteiger partial charge in [-0.05, 0) is 59.3 Å². The van der Waals surface area contributed by atoms with E-state index >= 15 is 0 Å². The number of hydrogen-bond acceptors (Lipinski definition) is 3. The van der Waals surface area contributed by atoms with Gasteiger partial charge in [-0.3, -0.25) is 4.79 Å². The average Bonchev–Trinajstić information content (AvgIpc) is 2.58. The lowest BCUT2D eigenvalue weighted by atomic mass is 9.94. The number of nitrogens with one attached hydrogen (secondary N) is 3. The number of benzene rings is 2. The predicted octanol–water partition coefficient (Wildman–Crippen LogP) is 4.35. The fourth-order valence-electron chi connectivity index (χ4n) is 2.75. The number of carbonyl (C=O) groups excluding carboxylic acids is 1. The number of aromatic hydroxyl groups is 1. The Bertz CT molecular complexity index is 916. The summed E-state index contributed by atoms with van der Waals surface area (Å²) in [4.78, 5) is 13.0. The molecule has 1 unspecified atom stereocenters. The molecule has 5 nitrogen and oxygen atoms in total. The lowest BCUT2D eigenvalue weighted by molar-refractivity contribution is -0.113. The van der Waals surface area contributed by atoms with E-state index in [0.29, 0.717) is 32.1 Å². The summed E-state index contributed by atoms with van der Waals surface area (Å²) < 4.78 is 1.29. The Labute approximate surface area is 173 Å². The zero-order valence-electron chi connectivity index (χ0n) is 13.6. The second kappa shape index (κ2) is 7.77. The van der Waals surface area contributed by atoms with E-state index in [2.05, 4.69) is 47.8 Å². The van der Waals surface area contributed by atoms with E-state index in [1.807, 2.05) is 30.3 Å². The van der Waals surface area contributed by atoms with Gasteiger partial charge in [0, 0.05) is 21.4 Å². The number of phenols is 1. The maximum absolute atomic E-state index is 13.0. The minimum atomic E-state index is -0.596. The molecule has 1 aliphatic heterocycles. The number of anilines is 1. The van der Waals surface area contributed by atoms with Crippen molar-refractivity contribution in [2.75, 3.05) is 5.32 Å². The summed E-state index contributed by atoms with van der Waals surface area (Å²) in [6, 6.07) is 12.1. The molecular formula is C18H15Br2N3O2S. The van der Waals surface area contributed by atoms with Crippen molar-refractivity contribution in [3.05, 3.63) is 68.2 Å². The van der Waals surface area contributed by atoms with Gasteiger partial charge in [0.25, 0.3) is 5.91 Å². The van der Waals surface area contributed by atoms with Crippen LogP contribution in [0.2, 0.25) is 0 Å². The van der Waals surface area contributed by atoms with Crippen LogP contribution in [0.1, 0.15) is 18.5 Å². The second-order valence-corrected chi connectivity index (χ2v) is 7.89. The molecule has 26 heavy (non-hydrogen) atoms. The van der Waals surface area contributed by atoms with E-state index in [1.165, 1.54) is 0 Å². The highest BCUT2D eigenvalue weighted by molar-refractivity contribution is 9.11. The summed E-state index contributed by atoms with van der Waals surface area (Å²) in [5.74, 6) is -0.232. The average molecular weight is 497 g/mol. The highest BCUT2D eigenvalue weighted by atomic mass is 79.9. The van der Waals surface area contributed by atoms with Crippen molar-refractivity contribution < 1.29 is 9.90 Å². The number of halogens is 2. The van der Waals surface area contributed by atoms with E-state index in [1.54, 1.807) is 19.1 Å². The van der Waals surface area contributed by atoms with E-state index in [-0.39, 0.29) is 11.7 Å². The van der Waals surface area contributed by atoms with Gasteiger partial charge in [0.2, 0.25) is 0 Å². The van der Waals surface area contributed by atoms with E-state index in [4.69, 9.17) is 12.2 Å². The molecule has 2 aromatic rings. The van der Waals surface area contributed by atoms with Crippen LogP contribution in [0, 0.1) is 0 Å². The summed E-state index contributed by atoms with van der Waals surface area (Å²) in [6.45, 7) is 1.78. The Morgan fingerprint density at radius 1 is 1.23 bits per heavy atom. The summed E-state index contributed by atoms with van der Waals surface area (Å²) in [6.07, 6.45) is 0. The molecule has 8 heteroatoms. The van der Waals surface area contributed by atoms with Crippen LogP contribution in [0.3, 0.4) is 0 Å². The van der Waals surface area contributed by atoms with E-state index < -0.39 is 6.04 Å². The van der Waals surface area contributed by atoms with Gasteiger partial charge in [-0.1, -0.05) is 34.1 Å². The minimum absolute atomic E-state index is 0.0493. The van der Waals surface area contributed by atoms with E-state index in [0.717, 1.165) is 4.47 Å². The molecule has 0 aromatic heterocycles. The van der Waals surface area contributed by atoms with Crippen molar-refractivity contribution >= 4 is 60.8 Å². The van der Waals surface area contributed by atoms with Crippen molar-refractivity contribution in [1.82, 2.24) is 10.6 Å². The van der Waals surface area contributed by atoms with Crippen molar-refractivity contribution in [2.45, 2.75) is 13.0 Å². The first-order valence-corrected chi connectivity index (χ1v) is 9.69. The molecule has 0 radical (unpaired) electrons. The first-order chi connectivity index (χ1) is 12.4. The fraction of sp³-hybridized carbons (Fsp3) is 0.111. The molecule has 4 N–H and O–H groups in total. The third kappa shape index (κ3) is 3.92. The van der Waals surface area contributed by atoms with Crippen molar-refractivity contribution in [3.63, 3.8) is 0 Å². The molecule has 0 bridgehead atoms. The van der Waals surface area contributed by atoms with Crippen LogP contribution in [0.15, 0.2) is 62.7 Å². The van der Waals surface area contributed by atoms with Crippen LogP contribution in [-0.4, -0.2) is 16.1 Å². The zero-order valence-corrected chi connectivity index (χ0v) is 17.6. The lowest BCUT2D eigenvalue weighted by Crippen LogP contribution is -2.45.